The summed E-state index contributed by atoms with van der Waals surface area (Å²) in [5.41, 5.74) is 12.0. The van der Waals surface area contributed by atoms with Gasteiger partial charge in [0.2, 0.25) is 0 Å². The third-order valence-electron chi connectivity index (χ3n) is 10.1. The second-order valence-corrected chi connectivity index (χ2v) is 14.0. The predicted molar refractivity (Wildman–Crippen MR) is 196 cm³/mol. The SMILES string of the molecule is c1ccc(-c2ccc(-c3nc(-c4cccc(-c5ccc6c(c5)C5(CCCCC5)c5ccccc5S6)c4)nc4ccccc34)cc2)cc1. The smallest absolute Gasteiger partial charge is 0.160 e. The molecule has 1 aliphatic carbocycles. The van der Waals surface area contributed by atoms with Crippen molar-refractivity contribution in [2.75, 3.05) is 0 Å². The van der Waals surface area contributed by atoms with Crippen LogP contribution in [0.15, 0.2) is 155 Å². The van der Waals surface area contributed by atoms with Crippen molar-refractivity contribution < 1.29 is 0 Å². The second-order valence-electron chi connectivity index (χ2n) is 12.9. The first-order valence-corrected chi connectivity index (χ1v) is 17.5. The van der Waals surface area contributed by atoms with Gasteiger partial charge in [0, 0.05) is 31.7 Å². The molecule has 226 valence electrons. The van der Waals surface area contributed by atoms with Gasteiger partial charge in [-0.25, -0.2) is 9.97 Å². The van der Waals surface area contributed by atoms with Gasteiger partial charge in [-0.15, -0.1) is 0 Å². The van der Waals surface area contributed by atoms with Crippen LogP contribution in [0.25, 0.3) is 55.8 Å². The van der Waals surface area contributed by atoms with Gasteiger partial charge in [-0.3, -0.25) is 0 Å². The molecule has 1 aliphatic heterocycles. The van der Waals surface area contributed by atoms with Crippen LogP contribution in [-0.2, 0) is 5.41 Å². The van der Waals surface area contributed by atoms with E-state index in [9.17, 15) is 0 Å². The Bertz CT molecular complexity index is 2250. The fourth-order valence-electron chi connectivity index (χ4n) is 7.80. The van der Waals surface area contributed by atoms with Gasteiger partial charge < -0.3 is 0 Å². The standard InChI is InChI=1S/C44H34N2S/c1-3-12-30(13-4-1)31-20-22-32(23-21-31)42-36-16-5-7-18-39(36)45-43(46-42)35-15-11-14-33(28-35)34-24-25-41-38(29-34)44(26-9-2-10-27-44)37-17-6-8-19-40(37)47-41/h1,3-8,11-25,28-29H,2,9-10,26-27H2. The first kappa shape index (κ1) is 28.3. The summed E-state index contributed by atoms with van der Waals surface area (Å²) in [6.45, 7) is 0. The second kappa shape index (κ2) is 11.7. The Balaban J connectivity index is 1.12. The van der Waals surface area contributed by atoms with Crippen molar-refractivity contribution in [1.82, 2.24) is 9.97 Å². The highest BCUT2D eigenvalue weighted by molar-refractivity contribution is 7.99. The van der Waals surface area contributed by atoms with Crippen LogP contribution in [0.5, 0.6) is 0 Å². The third kappa shape index (κ3) is 4.97. The number of aromatic nitrogens is 2. The number of benzene rings is 6. The van der Waals surface area contributed by atoms with Gasteiger partial charge in [0.25, 0.3) is 0 Å². The zero-order valence-corrected chi connectivity index (χ0v) is 27.0. The number of hydrogen-bond donors (Lipinski definition) is 0. The van der Waals surface area contributed by atoms with E-state index >= 15 is 0 Å². The quantitative estimate of drug-likeness (QED) is 0.195. The molecule has 1 spiro atoms. The van der Waals surface area contributed by atoms with Crippen molar-refractivity contribution in [3.05, 3.63) is 157 Å². The maximum absolute atomic E-state index is 5.23. The highest BCUT2D eigenvalue weighted by Crippen LogP contribution is 2.56. The van der Waals surface area contributed by atoms with Crippen molar-refractivity contribution in [1.29, 1.82) is 0 Å². The zero-order valence-electron chi connectivity index (χ0n) is 26.2. The average molecular weight is 623 g/mol. The highest BCUT2D eigenvalue weighted by atomic mass is 32.2. The van der Waals surface area contributed by atoms with E-state index in [0.717, 1.165) is 33.5 Å². The zero-order chi connectivity index (χ0) is 31.2. The first-order chi connectivity index (χ1) is 23.2. The molecule has 7 aromatic rings. The molecule has 1 fully saturated rings. The molecule has 1 aromatic heterocycles. The molecule has 2 aliphatic rings. The Kier molecular flexibility index (Phi) is 7.01. The summed E-state index contributed by atoms with van der Waals surface area (Å²) in [7, 11) is 0. The van der Waals surface area contributed by atoms with Crippen molar-refractivity contribution in [3.8, 4) is 44.9 Å². The summed E-state index contributed by atoms with van der Waals surface area (Å²) >= 11 is 1.93. The molecule has 6 aromatic carbocycles. The van der Waals surface area contributed by atoms with Crippen LogP contribution < -0.4 is 0 Å². The molecule has 3 heteroatoms. The van der Waals surface area contributed by atoms with Gasteiger partial charge in [-0.2, -0.15) is 0 Å². The normalized spacial score (nSPS) is 14.9. The summed E-state index contributed by atoms with van der Waals surface area (Å²) in [6, 6.07) is 52.6. The van der Waals surface area contributed by atoms with E-state index < -0.39 is 0 Å². The molecular formula is C44H34N2S. The fraction of sp³-hybridized carbons (Fsp3) is 0.136. The van der Waals surface area contributed by atoms with Gasteiger partial charge in [0.05, 0.1) is 11.2 Å². The van der Waals surface area contributed by atoms with Crippen molar-refractivity contribution in [2.45, 2.75) is 47.3 Å². The van der Waals surface area contributed by atoms with E-state index in [-0.39, 0.29) is 5.41 Å². The summed E-state index contributed by atoms with van der Waals surface area (Å²) in [5, 5.41) is 1.06. The van der Waals surface area contributed by atoms with Crippen LogP contribution in [0.3, 0.4) is 0 Å². The lowest BCUT2D eigenvalue weighted by Crippen LogP contribution is -2.33. The lowest BCUT2D eigenvalue weighted by Gasteiger charge is -2.43. The van der Waals surface area contributed by atoms with Crippen molar-refractivity contribution in [2.24, 2.45) is 0 Å². The lowest BCUT2D eigenvalue weighted by atomic mass is 9.64. The molecule has 0 bridgehead atoms. The molecule has 0 N–H and O–H groups in total. The Morgan fingerprint density at radius 2 is 1.09 bits per heavy atom. The minimum Gasteiger partial charge on any atom is -0.228 e. The van der Waals surface area contributed by atoms with Crippen LogP contribution >= 0.6 is 11.8 Å². The number of hydrogen-bond acceptors (Lipinski definition) is 3. The number of para-hydroxylation sites is 1. The Labute approximate surface area is 280 Å². The predicted octanol–water partition coefficient (Wildman–Crippen LogP) is 12.0. The molecule has 0 saturated heterocycles. The van der Waals surface area contributed by atoms with Gasteiger partial charge >= 0.3 is 0 Å². The number of nitrogens with zero attached hydrogens (tertiary/aromatic N) is 2. The summed E-state index contributed by atoms with van der Waals surface area (Å²) in [6.07, 6.45) is 6.35. The van der Waals surface area contributed by atoms with Crippen molar-refractivity contribution >= 4 is 22.7 Å². The van der Waals surface area contributed by atoms with Crippen LogP contribution in [0.4, 0.5) is 0 Å². The first-order valence-electron chi connectivity index (χ1n) is 16.7. The lowest BCUT2D eigenvalue weighted by molar-refractivity contribution is 0.335. The Morgan fingerprint density at radius 3 is 1.96 bits per heavy atom. The topological polar surface area (TPSA) is 25.8 Å². The van der Waals surface area contributed by atoms with E-state index in [0.29, 0.717) is 0 Å². The fourth-order valence-corrected chi connectivity index (χ4v) is 9.05. The summed E-state index contributed by atoms with van der Waals surface area (Å²) in [5.74, 6) is 0.749. The van der Waals surface area contributed by atoms with Gasteiger partial charge in [0.1, 0.15) is 0 Å². The van der Waals surface area contributed by atoms with E-state index in [1.165, 1.54) is 75.3 Å². The minimum absolute atomic E-state index is 0.107. The largest absolute Gasteiger partial charge is 0.228 e. The molecule has 2 nitrogen and oxygen atoms in total. The van der Waals surface area contributed by atoms with Crippen LogP contribution in [-0.4, -0.2) is 9.97 Å². The monoisotopic (exact) mass is 622 g/mol. The molecule has 2 heterocycles. The number of fused-ring (bicyclic) bond motifs is 5. The van der Waals surface area contributed by atoms with E-state index in [1.807, 2.05) is 11.8 Å². The van der Waals surface area contributed by atoms with E-state index in [1.54, 1.807) is 0 Å². The van der Waals surface area contributed by atoms with Gasteiger partial charge in [-0.1, -0.05) is 146 Å². The molecular weight excluding hydrogens is 589 g/mol. The average Bonchev–Trinajstić information content (AvgIpc) is 3.15. The molecule has 0 amide bonds. The molecule has 1 saturated carbocycles. The van der Waals surface area contributed by atoms with Crippen LogP contribution in [0.1, 0.15) is 43.2 Å². The Morgan fingerprint density at radius 1 is 0.447 bits per heavy atom. The molecule has 0 radical (unpaired) electrons. The van der Waals surface area contributed by atoms with Gasteiger partial charge in [-0.05, 0) is 76.6 Å². The van der Waals surface area contributed by atoms with Crippen LogP contribution in [0.2, 0.25) is 0 Å². The minimum atomic E-state index is 0.107. The number of rotatable bonds is 4. The maximum Gasteiger partial charge on any atom is 0.160 e. The Hall–Kier alpha value is -4.99. The molecule has 9 rings (SSSR count). The molecule has 47 heavy (non-hydrogen) atoms. The third-order valence-corrected chi connectivity index (χ3v) is 11.3. The molecule has 0 atom stereocenters. The van der Waals surface area contributed by atoms with E-state index in [4.69, 9.17) is 9.97 Å². The van der Waals surface area contributed by atoms with E-state index in [2.05, 4.69) is 146 Å². The van der Waals surface area contributed by atoms with Crippen molar-refractivity contribution in [3.63, 3.8) is 0 Å². The highest BCUT2D eigenvalue weighted by Gasteiger charge is 2.41. The van der Waals surface area contributed by atoms with Crippen LogP contribution in [0, 0.1) is 0 Å². The van der Waals surface area contributed by atoms with Gasteiger partial charge in [0.15, 0.2) is 5.82 Å². The summed E-state index contributed by atoms with van der Waals surface area (Å²) in [4.78, 5) is 13.1. The maximum atomic E-state index is 5.23. The summed E-state index contributed by atoms with van der Waals surface area (Å²) < 4.78 is 0. The molecule has 0 unspecified atom stereocenters.